The monoisotopic (exact) mass is 633 g/mol. The van der Waals surface area contributed by atoms with Crippen molar-refractivity contribution in [1.29, 1.82) is 0 Å². The van der Waals surface area contributed by atoms with Crippen molar-refractivity contribution in [3.8, 4) is 0 Å². The van der Waals surface area contributed by atoms with Gasteiger partial charge in [-0.15, -0.1) is 0 Å². The molecule has 2 aromatic carbocycles. The number of ether oxygens (including phenoxy) is 1. The minimum absolute atomic E-state index is 0.228. The number of hydrogen-bond donors (Lipinski definition) is 0. The Kier molecular flexibility index (Phi) is 12.5. The molecule has 1 saturated heterocycles. The second kappa shape index (κ2) is 14.8. The Labute approximate surface area is 242 Å². The quantitative estimate of drug-likeness (QED) is 0.267. The first-order valence-electron chi connectivity index (χ1n) is 13.5. The van der Waals surface area contributed by atoms with Gasteiger partial charge in [0.25, 0.3) is 0 Å². The van der Waals surface area contributed by atoms with Gasteiger partial charge in [0, 0.05) is 35.4 Å². The molecule has 3 rings (SSSR count). The third-order valence-electron chi connectivity index (χ3n) is 6.34. The molecule has 5 nitrogen and oxygen atoms in total. The topological polar surface area (TPSA) is 63.7 Å². The summed E-state index contributed by atoms with van der Waals surface area (Å²) in [6.45, 7) is 14.6. The van der Waals surface area contributed by atoms with Gasteiger partial charge in [-0.2, -0.15) is 0 Å². The number of carbonyl (C=O) groups excluding carboxylic acids is 3. The summed E-state index contributed by atoms with van der Waals surface area (Å²) in [5.74, 6) is 1.74. The Morgan fingerprint density at radius 2 is 1.26 bits per heavy atom. The number of rotatable bonds is 9. The molecule has 2 aromatic rings. The van der Waals surface area contributed by atoms with E-state index < -0.39 is 5.60 Å². The third-order valence-corrected chi connectivity index (χ3v) is 7.06. The fourth-order valence-corrected chi connectivity index (χ4v) is 5.00. The number of nitrogens with zero attached hydrogens (tertiary/aromatic N) is 1. The molecule has 0 N–H and O–H groups in total. The lowest BCUT2D eigenvalue weighted by atomic mass is 9.89. The molecule has 1 fully saturated rings. The summed E-state index contributed by atoms with van der Waals surface area (Å²) < 4.78 is 6.63. The van der Waals surface area contributed by atoms with Crippen LogP contribution in [-0.4, -0.2) is 41.3 Å². The molecule has 208 valence electrons. The van der Waals surface area contributed by atoms with E-state index in [1.807, 2.05) is 20.8 Å². The van der Waals surface area contributed by atoms with E-state index in [-0.39, 0.29) is 17.7 Å². The second-order valence-corrected chi connectivity index (χ2v) is 13.1. The molecule has 1 aliphatic rings. The van der Waals surface area contributed by atoms with E-state index in [9.17, 15) is 14.4 Å². The lowest BCUT2D eigenvalue weighted by Crippen LogP contribution is -2.50. The first-order valence-corrected chi connectivity index (χ1v) is 14.6. The van der Waals surface area contributed by atoms with Gasteiger partial charge in [0.2, 0.25) is 0 Å². The summed E-state index contributed by atoms with van der Waals surface area (Å²) in [6.07, 6.45) is 3.01. The molecule has 1 aliphatic heterocycles. The molecule has 6 heteroatoms. The van der Waals surface area contributed by atoms with Crippen LogP contribution in [0, 0.1) is 15.4 Å². The number of amides is 1. The zero-order valence-corrected chi connectivity index (χ0v) is 26.2. The normalized spacial score (nSPS) is 15.0. The van der Waals surface area contributed by atoms with Crippen LogP contribution in [0.5, 0.6) is 0 Å². The van der Waals surface area contributed by atoms with Crippen molar-refractivity contribution in [3.05, 3.63) is 68.8 Å². The van der Waals surface area contributed by atoms with E-state index in [1.165, 1.54) is 20.3 Å². The van der Waals surface area contributed by atoms with Crippen LogP contribution in [0.1, 0.15) is 83.9 Å². The lowest BCUT2D eigenvalue weighted by Gasteiger charge is -2.40. The summed E-state index contributed by atoms with van der Waals surface area (Å²) in [5, 5.41) is 0. The van der Waals surface area contributed by atoms with Gasteiger partial charge in [-0.1, -0.05) is 50.2 Å². The van der Waals surface area contributed by atoms with E-state index in [1.54, 1.807) is 18.7 Å². The van der Waals surface area contributed by atoms with Crippen LogP contribution in [0.15, 0.2) is 48.5 Å². The summed E-state index contributed by atoms with van der Waals surface area (Å²) >= 11 is 2.30. The van der Waals surface area contributed by atoms with Gasteiger partial charge < -0.3 is 19.2 Å². The number of halogens is 1. The second-order valence-electron chi connectivity index (χ2n) is 11.9. The Balaban J connectivity index is 0.000000308. The Morgan fingerprint density at radius 3 is 1.66 bits per heavy atom. The molecular weight excluding hydrogens is 589 g/mol. The highest BCUT2D eigenvalue weighted by Gasteiger charge is 2.34. The van der Waals surface area contributed by atoms with Crippen LogP contribution in [0.3, 0.4) is 0 Å². The minimum Gasteiger partial charge on any atom is -0.444 e. The van der Waals surface area contributed by atoms with Crippen molar-refractivity contribution in [2.45, 2.75) is 85.7 Å². The van der Waals surface area contributed by atoms with Gasteiger partial charge in [-0.05, 0) is 111 Å². The zero-order valence-electron chi connectivity index (χ0n) is 24.1. The van der Waals surface area contributed by atoms with Crippen LogP contribution in [0.4, 0.5) is 4.79 Å². The number of likely N-dealkylation sites (tertiary alicyclic amines) is 1. The average molecular weight is 634 g/mol. The fraction of sp³-hybridized carbons (Fsp3) is 0.531. The summed E-state index contributed by atoms with van der Waals surface area (Å²) in [5.41, 5.74) is 3.40. The Morgan fingerprint density at radius 1 is 0.842 bits per heavy atom. The number of carbonyl (C=O) groups is 3. The van der Waals surface area contributed by atoms with E-state index >= 15 is 0 Å². The molecule has 2 atom stereocenters. The largest absolute Gasteiger partial charge is 0.444 e. The SMILES string of the molecule is CC(=O)CC(C)Cc1ccc(C2CN(C(=O)OC(C)(C)C)C2)cc1.CC(=O)CC(C)Cc1ccc(I)cc1. The van der Waals surface area contributed by atoms with Crippen LogP contribution in [0.2, 0.25) is 0 Å². The van der Waals surface area contributed by atoms with Crippen molar-refractivity contribution in [2.24, 2.45) is 11.8 Å². The van der Waals surface area contributed by atoms with Gasteiger partial charge >= 0.3 is 6.09 Å². The number of hydrogen-bond acceptors (Lipinski definition) is 4. The molecule has 0 aromatic heterocycles. The van der Waals surface area contributed by atoms with Crippen LogP contribution < -0.4 is 0 Å². The summed E-state index contributed by atoms with van der Waals surface area (Å²) in [7, 11) is 0. The standard InChI is InChI=1S/C20H29NO3.C12H15IO/c1-14(10-15(2)22)11-16-6-8-17(9-7-16)18-12-21(13-18)19(23)24-20(3,4)5;1-9(7-10(2)14)8-11-3-5-12(13)6-4-11/h6-9,14,18H,10-13H2,1-5H3;3-6,9H,7-8H2,1-2H3. The van der Waals surface area contributed by atoms with Crippen molar-refractivity contribution >= 4 is 40.3 Å². The average Bonchev–Trinajstić information content (AvgIpc) is 2.73. The molecule has 0 saturated carbocycles. The first kappa shape index (κ1) is 32.0. The fourth-order valence-electron chi connectivity index (χ4n) is 4.64. The molecular formula is C32H44INO4. The molecule has 1 amide bonds. The molecule has 0 aliphatic carbocycles. The molecule has 2 unspecified atom stereocenters. The van der Waals surface area contributed by atoms with E-state index in [0.29, 0.717) is 30.6 Å². The smallest absolute Gasteiger partial charge is 0.410 e. The predicted molar refractivity (Wildman–Crippen MR) is 162 cm³/mol. The first-order chi connectivity index (χ1) is 17.7. The molecule has 38 heavy (non-hydrogen) atoms. The van der Waals surface area contributed by atoms with Crippen molar-refractivity contribution in [3.63, 3.8) is 0 Å². The van der Waals surface area contributed by atoms with Crippen molar-refractivity contribution in [2.75, 3.05) is 13.1 Å². The van der Waals surface area contributed by atoms with Crippen LogP contribution >= 0.6 is 22.6 Å². The van der Waals surface area contributed by atoms with Gasteiger partial charge in [0.05, 0.1) is 0 Å². The molecule has 1 heterocycles. The van der Waals surface area contributed by atoms with Crippen LogP contribution in [-0.2, 0) is 27.2 Å². The maximum Gasteiger partial charge on any atom is 0.410 e. The van der Waals surface area contributed by atoms with Gasteiger partial charge in [0.1, 0.15) is 17.2 Å². The van der Waals surface area contributed by atoms with E-state index in [2.05, 4.69) is 85.0 Å². The van der Waals surface area contributed by atoms with Gasteiger partial charge in [-0.3, -0.25) is 0 Å². The highest BCUT2D eigenvalue weighted by molar-refractivity contribution is 14.1. The predicted octanol–water partition coefficient (Wildman–Crippen LogP) is 7.63. The number of ketones is 2. The van der Waals surface area contributed by atoms with Crippen molar-refractivity contribution in [1.82, 2.24) is 4.90 Å². The Hall–Kier alpha value is -2.22. The summed E-state index contributed by atoms with van der Waals surface area (Å²) in [6, 6.07) is 17.1. The zero-order chi connectivity index (χ0) is 28.5. The highest BCUT2D eigenvalue weighted by atomic mass is 127. The number of Topliss-reactive ketones (excluding diaryl/α,β-unsaturated/α-hetero) is 2. The number of benzene rings is 2. The van der Waals surface area contributed by atoms with Crippen molar-refractivity contribution < 1.29 is 19.1 Å². The molecule has 0 bridgehead atoms. The summed E-state index contributed by atoms with van der Waals surface area (Å²) in [4.78, 5) is 35.8. The van der Waals surface area contributed by atoms with E-state index in [0.717, 1.165) is 25.9 Å². The highest BCUT2D eigenvalue weighted by Crippen LogP contribution is 2.29. The maximum absolute atomic E-state index is 12.0. The van der Waals surface area contributed by atoms with Crippen LogP contribution in [0.25, 0.3) is 0 Å². The minimum atomic E-state index is -0.444. The third kappa shape index (κ3) is 12.1. The lowest BCUT2D eigenvalue weighted by molar-refractivity contribution is -0.118. The maximum atomic E-state index is 12.0. The Bertz CT molecular complexity index is 1050. The molecule has 0 spiro atoms. The van der Waals surface area contributed by atoms with Gasteiger partial charge in [-0.25, -0.2) is 4.79 Å². The van der Waals surface area contributed by atoms with E-state index in [4.69, 9.17) is 4.74 Å². The van der Waals surface area contributed by atoms with Gasteiger partial charge in [0.15, 0.2) is 0 Å². The molecule has 0 radical (unpaired) electrons.